The summed E-state index contributed by atoms with van der Waals surface area (Å²) in [6.07, 6.45) is 1.61. The molecule has 2 heteroatoms. The fourth-order valence-corrected chi connectivity index (χ4v) is 0.323. The summed E-state index contributed by atoms with van der Waals surface area (Å²) in [6.45, 7) is 5.53. The first-order chi connectivity index (χ1) is 4.31. The molecule has 0 rings (SSSR count). The van der Waals surface area contributed by atoms with Crippen molar-refractivity contribution < 1.29 is 4.79 Å². The van der Waals surface area contributed by atoms with Crippen molar-refractivity contribution in [3.8, 4) is 11.8 Å². The van der Waals surface area contributed by atoms with E-state index in [1.165, 1.54) is 0 Å². The van der Waals surface area contributed by atoms with Gasteiger partial charge in [-0.3, -0.25) is 4.79 Å². The minimum absolute atomic E-state index is 0.252. The second-order valence-electron chi connectivity index (χ2n) is 1.37. The lowest BCUT2D eigenvalue weighted by atomic mass is 10.5. The highest BCUT2D eigenvalue weighted by molar-refractivity contribution is 5.93. The van der Waals surface area contributed by atoms with E-state index in [0.29, 0.717) is 6.54 Å². The third kappa shape index (κ3) is 4.63. The van der Waals surface area contributed by atoms with E-state index in [4.69, 9.17) is 0 Å². The molecule has 0 aromatic heterocycles. The van der Waals surface area contributed by atoms with Gasteiger partial charge in [-0.05, 0) is 12.8 Å². The monoisotopic (exact) mass is 123 g/mol. The molecule has 9 heavy (non-hydrogen) atoms. The van der Waals surface area contributed by atoms with Crippen molar-refractivity contribution in [2.24, 2.45) is 0 Å². The molecule has 0 heterocycles. The van der Waals surface area contributed by atoms with Crippen LogP contribution in [0.1, 0.15) is 6.92 Å². The second-order valence-corrected chi connectivity index (χ2v) is 1.37. The Hall–Kier alpha value is -1.23. The normalized spacial score (nSPS) is 6.78. The molecule has 0 aliphatic heterocycles. The Morgan fingerprint density at radius 2 is 2.56 bits per heavy atom. The van der Waals surface area contributed by atoms with Gasteiger partial charge in [0.25, 0.3) is 5.91 Å². The van der Waals surface area contributed by atoms with Gasteiger partial charge >= 0.3 is 0 Å². The molecule has 0 fully saturated rings. The molecule has 0 unspecified atom stereocenters. The van der Waals surface area contributed by atoms with Crippen molar-refractivity contribution in [1.82, 2.24) is 5.32 Å². The van der Waals surface area contributed by atoms with Crippen LogP contribution in [-0.4, -0.2) is 12.5 Å². The van der Waals surface area contributed by atoms with E-state index in [-0.39, 0.29) is 5.91 Å². The Labute approximate surface area is 54.9 Å². The van der Waals surface area contributed by atoms with E-state index < -0.39 is 0 Å². The molecule has 0 spiro atoms. The van der Waals surface area contributed by atoms with Crippen molar-refractivity contribution in [3.63, 3.8) is 0 Å². The van der Waals surface area contributed by atoms with Crippen LogP contribution < -0.4 is 5.32 Å². The lowest BCUT2D eigenvalue weighted by molar-refractivity contribution is -0.115. The molecule has 0 aliphatic carbocycles. The number of carbonyl (C=O) groups is 1. The quantitative estimate of drug-likeness (QED) is 0.415. The lowest BCUT2D eigenvalue weighted by Gasteiger charge is -1.90. The first-order valence-corrected chi connectivity index (χ1v) is 2.62. The van der Waals surface area contributed by atoms with Crippen molar-refractivity contribution in [1.29, 1.82) is 0 Å². The van der Waals surface area contributed by atoms with E-state index in [1.54, 1.807) is 13.0 Å². The molecule has 0 saturated carbocycles. The van der Waals surface area contributed by atoms with Crippen LogP contribution in [0.25, 0.3) is 0 Å². The standard InChI is InChI=1S/C7H9NO/c1-3-5-7(9)8-6-4-2/h4H,2,6H2,1H3,(H,8,9). The van der Waals surface area contributed by atoms with E-state index in [2.05, 4.69) is 23.7 Å². The highest BCUT2D eigenvalue weighted by atomic mass is 16.1. The van der Waals surface area contributed by atoms with Gasteiger partial charge in [-0.1, -0.05) is 12.0 Å². The first kappa shape index (κ1) is 7.77. The van der Waals surface area contributed by atoms with Crippen LogP contribution in [0, 0.1) is 11.8 Å². The molecule has 1 amide bonds. The van der Waals surface area contributed by atoms with Gasteiger partial charge in [0.1, 0.15) is 0 Å². The zero-order chi connectivity index (χ0) is 7.11. The van der Waals surface area contributed by atoms with Crippen LogP contribution in [0.4, 0.5) is 0 Å². The Bertz CT molecular complexity index is 161. The van der Waals surface area contributed by atoms with Gasteiger partial charge in [0.05, 0.1) is 0 Å². The summed E-state index contributed by atoms with van der Waals surface area (Å²) in [5.74, 6) is 4.56. The van der Waals surface area contributed by atoms with Gasteiger partial charge in [-0.15, -0.1) is 6.58 Å². The molecule has 0 aliphatic rings. The zero-order valence-electron chi connectivity index (χ0n) is 5.40. The topological polar surface area (TPSA) is 29.1 Å². The molecule has 0 saturated heterocycles. The molecule has 48 valence electrons. The predicted octanol–water partition coefficient (Wildman–Crippen LogP) is 0.312. The average Bonchev–Trinajstić information content (AvgIpc) is 1.85. The number of nitrogens with one attached hydrogen (secondary N) is 1. The molecule has 2 nitrogen and oxygen atoms in total. The molecular formula is C7H9NO. The number of carbonyl (C=O) groups excluding carboxylic acids is 1. The Kier molecular flexibility index (Phi) is 4.25. The Morgan fingerprint density at radius 1 is 1.89 bits per heavy atom. The van der Waals surface area contributed by atoms with Gasteiger partial charge < -0.3 is 5.32 Å². The van der Waals surface area contributed by atoms with Crippen molar-refractivity contribution >= 4 is 5.91 Å². The summed E-state index contributed by atoms with van der Waals surface area (Å²) in [5, 5.41) is 2.50. The maximum Gasteiger partial charge on any atom is 0.296 e. The SMILES string of the molecule is C=CCNC(=O)C#CC. The zero-order valence-corrected chi connectivity index (χ0v) is 5.40. The maximum absolute atomic E-state index is 10.5. The van der Waals surface area contributed by atoms with Gasteiger partial charge in [-0.2, -0.15) is 0 Å². The van der Waals surface area contributed by atoms with E-state index in [1.807, 2.05) is 0 Å². The molecule has 0 bridgehead atoms. The summed E-state index contributed by atoms with van der Waals surface area (Å²) in [4.78, 5) is 10.5. The molecule has 0 aromatic carbocycles. The largest absolute Gasteiger partial charge is 0.342 e. The van der Waals surface area contributed by atoms with Crippen molar-refractivity contribution in [2.75, 3.05) is 6.54 Å². The van der Waals surface area contributed by atoms with Crippen LogP contribution in [-0.2, 0) is 4.79 Å². The maximum atomic E-state index is 10.5. The minimum atomic E-state index is -0.252. The number of rotatable bonds is 2. The Balaban J connectivity index is 3.47. The summed E-state index contributed by atoms with van der Waals surface area (Å²) in [6, 6.07) is 0. The number of hydrogen-bond donors (Lipinski definition) is 1. The van der Waals surface area contributed by atoms with Crippen LogP contribution in [0.15, 0.2) is 12.7 Å². The lowest BCUT2D eigenvalue weighted by Crippen LogP contribution is -2.20. The minimum Gasteiger partial charge on any atom is -0.342 e. The third-order valence-corrected chi connectivity index (χ3v) is 0.645. The molecule has 0 aromatic rings. The van der Waals surface area contributed by atoms with Crippen molar-refractivity contribution in [2.45, 2.75) is 6.92 Å². The van der Waals surface area contributed by atoms with E-state index >= 15 is 0 Å². The number of hydrogen-bond acceptors (Lipinski definition) is 1. The van der Waals surface area contributed by atoms with E-state index in [9.17, 15) is 4.79 Å². The average molecular weight is 123 g/mol. The highest BCUT2D eigenvalue weighted by Gasteiger charge is 1.87. The van der Waals surface area contributed by atoms with Crippen LogP contribution in [0.5, 0.6) is 0 Å². The smallest absolute Gasteiger partial charge is 0.296 e. The van der Waals surface area contributed by atoms with Gasteiger partial charge in [0, 0.05) is 6.54 Å². The summed E-state index contributed by atoms with van der Waals surface area (Å²) >= 11 is 0. The van der Waals surface area contributed by atoms with E-state index in [0.717, 1.165) is 0 Å². The second kappa shape index (κ2) is 4.92. The van der Waals surface area contributed by atoms with Gasteiger partial charge in [-0.25, -0.2) is 0 Å². The Morgan fingerprint density at radius 3 is 3.00 bits per heavy atom. The van der Waals surface area contributed by atoms with Crippen LogP contribution in [0.2, 0.25) is 0 Å². The van der Waals surface area contributed by atoms with Crippen molar-refractivity contribution in [3.05, 3.63) is 12.7 Å². The first-order valence-electron chi connectivity index (χ1n) is 2.62. The van der Waals surface area contributed by atoms with Crippen LogP contribution in [0.3, 0.4) is 0 Å². The molecule has 0 atom stereocenters. The number of amides is 1. The molecular weight excluding hydrogens is 114 g/mol. The summed E-state index contributed by atoms with van der Waals surface area (Å²) in [5.41, 5.74) is 0. The predicted molar refractivity (Wildman–Crippen MR) is 36.7 cm³/mol. The highest BCUT2D eigenvalue weighted by Crippen LogP contribution is 1.62. The summed E-state index contributed by atoms with van der Waals surface area (Å²) < 4.78 is 0. The molecule has 1 N–H and O–H groups in total. The summed E-state index contributed by atoms with van der Waals surface area (Å²) in [7, 11) is 0. The van der Waals surface area contributed by atoms with Gasteiger partial charge in [0.2, 0.25) is 0 Å². The third-order valence-electron chi connectivity index (χ3n) is 0.645. The fraction of sp³-hybridized carbons (Fsp3) is 0.286. The fourth-order valence-electron chi connectivity index (χ4n) is 0.323. The van der Waals surface area contributed by atoms with Gasteiger partial charge in [0.15, 0.2) is 0 Å². The van der Waals surface area contributed by atoms with Crippen LogP contribution >= 0.6 is 0 Å². The molecule has 0 radical (unpaired) electrons.